The van der Waals surface area contributed by atoms with Crippen molar-refractivity contribution in [3.05, 3.63) is 0 Å². The fourth-order valence-corrected chi connectivity index (χ4v) is 1.75. The second-order valence-electron chi connectivity index (χ2n) is 3.67. The van der Waals surface area contributed by atoms with Gasteiger partial charge in [0.25, 0.3) is 0 Å². The molecule has 0 spiro atoms. The van der Waals surface area contributed by atoms with Gasteiger partial charge in [-0.05, 0) is 19.9 Å². The van der Waals surface area contributed by atoms with E-state index in [0.717, 1.165) is 25.8 Å². The molecule has 1 amide bonds. The first kappa shape index (κ1) is 11.5. The lowest BCUT2D eigenvalue weighted by molar-refractivity contribution is -0.121. The normalized spacial score (nSPS) is 24.6. The van der Waals surface area contributed by atoms with Crippen LogP contribution in [0.3, 0.4) is 0 Å². The summed E-state index contributed by atoms with van der Waals surface area (Å²) in [5, 5.41) is 4.84. The Kier molecular flexibility index (Phi) is 3.49. The van der Waals surface area contributed by atoms with E-state index in [9.17, 15) is 13.2 Å². The number of carbonyl (C=O) groups excluding carboxylic acids is 1. The highest BCUT2D eigenvalue weighted by Crippen LogP contribution is 2.02. The first-order valence-electron chi connectivity index (χ1n) is 4.61. The molecule has 0 aromatic carbocycles. The zero-order chi connectivity index (χ0) is 10.8. The minimum Gasteiger partial charge on any atom is -0.351 e. The second kappa shape index (κ2) is 4.27. The Bertz CT molecular complexity index is 307. The Hall–Kier alpha value is -0.620. The molecule has 2 atom stereocenters. The standard InChI is InChI=1S/C8H16N2O3S/c1-6(14(2,12)13)8(11)10-7-3-4-9-5-7/h6-7,9H,3-5H2,1-2H3,(H,10,11). The van der Waals surface area contributed by atoms with Crippen LogP contribution in [0.2, 0.25) is 0 Å². The highest BCUT2D eigenvalue weighted by molar-refractivity contribution is 7.92. The minimum atomic E-state index is -3.28. The van der Waals surface area contributed by atoms with Crippen molar-refractivity contribution in [1.29, 1.82) is 0 Å². The number of carbonyl (C=O) groups is 1. The van der Waals surface area contributed by atoms with E-state index in [0.29, 0.717) is 0 Å². The summed E-state index contributed by atoms with van der Waals surface area (Å²) in [6, 6.07) is 0.0756. The zero-order valence-electron chi connectivity index (χ0n) is 8.41. The van der Waals surface area contributed by atoms with E-state index < -0.39 is 21.0 Å². The molecule has 1 heterocycles. The molecule has 0 aromatic heterocycles. The average molecular weight is 220 g/mol. The maximum absolute atomic E-state index is 11.4. The first-order chi connectivity index (χ1) is 6.41. The van der Waals surface area contributed by atoms with Gasteiger partial charge in [0.2, 0.25) is 5.91 Å². The molecule has 1 rings (SSSR count). The summed E-state index contributed by atoms with van der Waals surface area (Å²) in [5.74, 6) is -0.402. The molecule has 0 saturated carbocycles. The quantitative estimate of drug-likeness (QED) is 0.633. The summed E-state index contributed by atoms with van der Waals surface area (Å²) < 4.78 is 22.1. The van der Waals surface area contributed by atoms with Gasteiger partial charge < -0.3 is 10.6 Å². The molecule has 14 heavy (non-hydrogen) atoms. The van der Waals surface area contributed by atoms with Crippen LogP contribution in [0.15, 0.2) is 0 Å². The molecule has 1 saturated heterocycles. The summed E-state index contributed by atoms with van der Waals surface area (Å²) in [6.07, 6.45) is 1.94. The second-order valence-corrected chi connectivity index (χ2v) is 6.04. The van der Waals surface area contributed by atoms with Gasteiger partial charge in [-0.15, -0.1) is 0 Å². The summed E-state index contributed by atoms with van der Waals surface area (Å²) in [7, 11) is -3.28. The molecule has 0 aliphatic carbocycles. The maximum Gasteiger partial charge on any atom is 0.238 e. The van der Waals surface area contributed by atoms with Crippen LogP contribution in [0.1, 0.15) is 13.3 Å². The van der Waals surface area contributed by atoms with Crippen LogP contribution in [-0.4, -0.2) is 45.0 Å². The van der Waals surface area contributed by atoms with Crippen molar-refractivity contribution in [1.82, 2.24) is 10.6 Å². The van der Waals surface area contributed by atoms with E-state index in [4.69, 9.17) is 0 Å². The van der Waals surface area contributed by atoms with Gasteiger partial charge in [0, 0.05) is 18.8 Å². The van der Waals surface area contributed by atoms with Crippen molar-refractivity contribution < 1.29 is 13.2 Å². The van der Waals surface area contributed by atoms with Gasteiger partial charge >= 0.3 is 0 Å². The lowest BCUT2D eigenvalue weighted by Gasteiger charge is -2.14. The molecule has 0 bridgehead atoms. The van der Waals surface area contributed by atoms with E-state index in [2.05, 4.69) is 10.6 Å². The number of amides is 1. The fourth-order valence-electron chi connectivity index (χ4n) is 1.29. The highest BCUT2D eigenvalue weighted by atomic mass is 32.2. The summed E-state index contributed by atoms with van der Waals surface area (Å²) in [6.45, 7) is 3.01. The van der Waals surface area contributed by atoms with Gasteiger partial charge in [0.05, 0.1) is 0 Å². The Morgan fingerprint density at radius 1 is 1.57 bits per heavy atom. The van der Waals surface area contributed by atoms with Crippen LogP contribution >= 0.6 is 0 Å². The fraction of sp³-hybridized carbons (Fsp3) is 0.875. The van der Waals surface area contributed by atoms with Gasteiger partial charge in [0.15, 0.2) is 9.84 Å². The van der Waals surface area contributed by atoms with Crippen LogP contribution in [0.25, 0.3) is 0 Å². The molecule has 0 aromatic rings. The van der Waals surface area contributed by atoms with E-state index in [1.807, 2.05) is 0 Å². The van der Waals surface area contributed by atoms with Crippen molar-refractivity contribution in [3.63, 3.8) is 0 Å². The van der Waals surface area contributed by atoms with Crippen LogP contribution in [-0.2, 0) is 14.6 Å². The molecule has 0 radical (unpaired) electrons. The number of sulfone groups is 1. The van der Waals surface area contributed by atoms with Gasteiger partial charge in [-0.2, -0.15) is 0 Å². The van der Waals surface area contributed by atoms with Crippen LogP contribution < -0.4 is 10.6 Å². The molecule has 5 nitrogen and oxygen atoms in total. The maximum atomic E-state index is 11.4. The number of nitrogens with one attached hydrogen (secondary N) is 2. The third kappa shape index (κ3) is 2.95. The third-order valence-electron chi connectivity index (χ3n) is 2.42. The van der Waals surface area contributed by atoms with Crippen molar-refractivity contribution in [2.75, 3.05) is 19.3 Å². The Morgan fingerprint density at radius 2 is 2.21 bits per heavy atom. The minimum absolute atomic E-state index is 0.0756. The van der Waals surface area contributed by atoms with E-state index >= 15 is 0 Å². The van der Waals surface area contributed by atoms with E-state index in [1.54, 1.807) is 0 Å². The summed E-state index contributed by atoms with van der Waals surface area (Å²) >= 11 is 0. The number of hydrogen-bond acceptors (Lipinski definition) is 4. The highest BCUT2D eigenvalue weighted by Gasteiger charge is 2.26. The molecular formula is C8H16N2O3S. The molecule has 2 N–H and O–H groups in total. The van der Waals surface area contributed by atoms with E-state index in [1.165, 1.54) is 6.92 Å². The number of rotatable bonds is 3. The third-order valence-corrected chi connectivity index (χ3v) is 3.92. The predicted octanol–water partition coefficient (Wildman–Crippen LogP) is -1.10. The van der Waals surface area contributed by atoms with Crippen molar-refractivity contribution in [2.45, 2.75) is 24.6 Å². The zero-order valence-corrected chi connectivity index (χ0v) is 9.23. The Labute approximate surface area is 84.2 Å². The largest absolute Gasteiger partial charge is 0.351 e. The van der Waals surface area contributed by atoms with Gasteiger partial charge in [-0.25, -0.2) is 8.42 Å². The molecule has 82 valence electrons. The van der Waals surface area contributed by atoms with E-state index in [-0.39, 0.29) is 6.04 Å². The Morgan fingerprint density at radius 3 is 2.64 bits per heavy atom. The van der Waals surface area contributed by atoms with Gasteiger partial charge in [-0.1, -0.05) is 0 Å². The first-order valence-corrected chi connectivity index (χ1v) is 6.56. The Balaban J connectivity index is 2.49. The van der Waals surface area contributed by atoms with Crippen molar-refractivity contribution in [2.24, 2.45) is 0 Å². The molecule has 1 fully saturated rings. The van der Waals surface area contributed by atoms with Crippen molar-refractivity contribution >= 4 is 15.7 Å². The number of hydrogen-bond donors (Lipinski definition) is 2. The summed E-state index contributed by atoms with van der Waals surface area (Å²) in [4.78, 5) is 11.4. The van der Waals surface area contributed by atoms with Gasteiger partial charge in [0.1, 0.15) is 5.25 Å². The summed E-state index contributed by atoms with van der Waals surface area (Å²) in [5.41, 5.74) is 0. The SMILES string of the molecule is CC(C(=O)NC1CCNC1)S(C)(=O)=O. The molecule has 1 aliphatic rings. The molecule has 2 unspecified atom stereocenters. The smallest absolute Gasteiger partial charge is 0.238 e. The average Bonchev–Trinajstić information content (AvgIpc) is 2.53. The predicted molar refractivity (Wildman–Crippen MR) is 53.7 cm³/mol. The molecular weight excluding hydrogens is 204 g/mol. The van der Waals surface area contributed by atoms with Crippen LogP contribution in [0.5, 0.6) is 0 Å². The lowest BCUT2D eigenvalue weighted by atomic mass is 10.2. The monoisotopic (exact) mass is 220 g/mol. The lowest BCUT2D eigenvalue weighted by Crippen LogP contribution is -2.43. The van der Waals surface area contributed by atoms with Crippen LogP contribution in [0.4, 0.5) is 0 Å². The van der Waals surface area contributed by atoms with Crippen molar-refractivity contribution in [3.8, 4) is 0 Å². The van der Waals surface area contributed by atoms with Gasteiger partial charge in [-0.3, -0.25) is 4.79 Å². The van der Waals surface area contributed by atoms with Crippen LogP contribution in [0, 0.1) is 0 Å². The molecule has 1 aliphatic heterocycles. The topological polar surface area (TPSA) is 75.3 Å². The molecule has 6 heteroatoms.